The Kier molecular flexibility index (Phi) is 25.5. The number of hydrogen-bond acceptors (Lipinski definition) is 1. The quantitative estimate of drug-likeness (QED) is 0.338. The minimum atomic E-state index is 1.50. The van der Waals surface area contributed by atoms with Crippen LogP contribution in [0.25, 0.3) is 0 Å². The molecule has 0 atom stereocenters. The van der Waals surface area contributed by atoms with Crippen molar-refractivity contribution in [2.45, 2.75) is 0 Å². The van der Waals surface area contributed by atoms with Crippen molar-refractivity contribution in [2.24, 2.45) is 0 Å². The van der Waals surface area contributed by atoms with Gasteiger partial charge >= 0.3 is 160 Å². The Morgan fingerprint density at radius 3 is 0.917 bits per heavy atom. The SMILES string of the molecule is [B]=BB=BB=BB=BB=BB=BB=BB=BB=BB=BB=BOC. The zero-order valence-electron chi connectivity index (χ0n) is 14.1. The molecule has 0 amide bonds. The van der Waals surface area contributed by atoms with Gasteiger partial charge in [0.2, 0.25) is 0 Å². The average molecular weight is 269 g/mol. The van der Waals surface area contributed by atoms with Crippen LogP contribution < -0.4 is 0 Å². The molecule has 1 radical (unpaired) electrons. The molecular weight excluding hydrogens is 266 g/mol. The second kappa shape index (κ2) is 24.2. The van der Waals surface area contributed by atoms with Crippen molar-refractivity contribution in [3.8, 4) is 0 Å². The van der Waals surface area contributed by atoms with Crippen LogP contribution in [-0.4, -0.2) is 155 Å². The van der Waals surface area contributed by atoms with Crippen molar-refractivity contribution < 1.29 is 4.65 Å². The van der Waals surface area contributed by atoms with Gasteiger partial charge in [0.15, 0.2) is 0 Å². The van der Waals surface area contributed by atoms with Crippen molar-refractivity contribution in [2.75, 3.05) is 7.11 Å². The van der Waals surface area contributed by atoms with Crippen molar-refractivity contribution in [3.05, 3.63) is 0 Å². The van der Waals surface area contributed by atoms with E-state index in [1.54, 1.807) is 20.8 Å². The molecule has 0 N–H and O–H groups in total. The molecule has 0 aliphatic carbocycles. The van der Waals surface area contributed by atoms with E-state index >= 15 is 0 Å². The first-order valence-corrected chi connectivity index (χ1v) is 7.64. The first-order chi connectivity index (χ1) is 11.9. The predicted octanol–water partition coefficient (Wildman–Crippen LogP) is -8.28. The van der Waals surface area contributed by atoms with Crippen LogP contribution in [-0.2, 0) is 4.65 Å². The van der Waals surface area contributed by atoms with Crippen LogP contribution in [0.5, 0.6) is 0 Å². The molecule has 0 heterocycles. The Bertz CT molecular complexity index is 591. The maximum absolute atomic E-state index is 5.21. The Labute approximate surface area is 159 Å². The molecule has 0 rings (SSSR count). The summed E-state index contributed by atoms with van der Waals surface area (Å²) in [5, 5.41) is 0. The third-order valence-corrected chi connectivity index (χ3v) is 2.33. The van der Waals surface area contributed by atoms with Crippen molar-refractivity contribution in [1.82, 2.24) is 0 Å². The first-order valence-electron chi connectivity index (χ1n) is 7.64. The maximum atomic E-state index is 5.21. The Morgan fingerprint density at radius 2 is 0.667 bits per heavy atom. The molecule has 24 heavy (non-hydrogen) atoms. The number of hydrogen-bond donors (Lipinski definition) is 0. The van der Waals surface area contributed by atoms with E-state index in [1.807, 2.05) is 120 Å². The molecule has 0 spiro atoms. The van der Waals surface area contributed by atoms with Crippen LogP contribution in [0.15, 0.2) is 0 Å². The Balaban J connectivity index is 3.89. The summed E-state index contributed by atoms with van der Waals surface area (Å²) in [4.78, 5) is 0. The molecule has 79 valence electrons. The van der Waals surface area contributed by atoms with Crippen molar-refractivity contribution in [1.29, 1.82) is 0 Å². The summed E-state index contributed by atoms with van der Waals surface area (Å²) in [5.74, 6) is 0. The molecule has 0 aromatic carbocycles. The van der Waals surface area contributed by atoms with Gasteiger partial charge in [0.1, 0.15) is 0 Å². The average Bonchev–Trinajstić information content (AvgIpc) is 2.60. The number of rotatable bonds is 11. The molecule has 0 fully saturated rings. The summed E-state index contributed by atoms with van der Waals surface area (Å²) in [5.41, 5.74) is 0. The summed E-state index contributed by atoms with van der Waals surface area (Å²) in [6.07, 6.45) is 0. The molecule has 0 saturated heterocycles. The van der Waals surface area contributed by atoms with Crippen LogP contribution in [0, 0.1) is 0 Å². The van der Waals surface area contributed by atoms with E-state index in [2.05, 4.69) is 0 Å². The van der Waals surface area contributed by atoms with Gasteiger partial charge in [-0.05, 0) is 0 Å². The standard InChI is InChI=1S/CH3B22O/c1-24-23-22-21-20-19-18-17-16-15-14-13-12-11-10-9-8-7-6-5-4-3-2/h1H3. The molecule has 0 saturated carbocycles. The van der Waals surface area contributed by atoms with Crippen LogP contribution in [0.4, 0.5) is 0 Å². The van der Waals surface area contributed by atoms with Gasteiger partial charge in [-0.1, -0.05) is 0 Å². The Hall–Kier alpha value is 1.23. The van der Waals surface area contributed by atoms with Crippen LogP contribution >= 0.6 is 0 Å². The summed E-state index contributed by atoms with van der Waals surface area (Å²) < 4.78 is 4.77. The topological polar surface area (TPSA) is 9.23 Å². The fraction of sp³-hybridized carbons (Fsp3) is 1.00. The van der Waals surface area contributed by atoms with Gasteiger partial charge in [-0.2, -0.15) is 0 Å². The summed E-state index contributed by atoms with van der Waals surface area (Å²) >= 11 is 0. The Morgan fingerprint density at radius 1 is 0.417 bits per heavy atom. The van der Waals surface area contributed by atoms with Gasteiger partial charge in [-0.15, -0.1) is 0 Å². The minimum absolute atomic E-state index is 1.50. The summed E-state index contributed by atoms with van der Waals surface area (Å²) in [7, 11) is 8.45. The third-order valence-electron chi connectivity index (χ3n) is 2.33. The monoisotopic (exact) mass is 273 g/mol. The van der Waals surface area contributed by atoms with E-state index in [1.165, 1.54) is 6.69 Å². The predicted molar refractivity (Wildman–Crippen MR) is 134 cm³/mol. The second-order valence-electron chi connectivity index (χ2n) is 4.22. The van der Waals surface area contributed by atoms with Gasteiger partial charge in [-0.25, -0.2) is 0 Å². The molecule has 0 aliphatic heterocycles. The molecule has 23 heteroatoms. The second-order valence-corrected chi connectivity index (χ2v) is 4.22. The van der Waals surface area contributed by atoms with Crippen LogP contribution in [0.1, 0.15) is 0 Å². The van der Waals surface area contributed by atoms with E-state index in [0.717, 1.165) is 0 Å². The zero-order valence-corrected chi connectivity index (χ0v) is 14.1. The molecule has 0 unspecified atom stereocenters. The van der Waals surface area contributed by atoms with E-state index in [9.17, 15) is 0 Å². The first kappa shape index (κ1) is 25.2. The van der Waals surface area contributed by atoms with Gasteiger partial charge in [0.25, 0.3) is 0 Å². The molecule has 1 nitrogen and oxygen atoms in total. The molecular formula is CH3B22O. The van der Waals surface area contributed by atoms with E-state index in [-0.39, 0.29) is 0 Å². The van der Waals surface area contributed by atoms with E-state index in [4.69, 9.17) is 12.0 Å². The van der Waals surface area contributed by atoms with E-state index in [0.29, 0.717) is 0 Å². The normalized spacial score (nSPS) is 7.33. The molecule has 0 aromatic rings. The fourth-order valence-electron chi connectivity index (χ4n) is 1.28. The van der Waals surface area contributed by atoms with Gasteiger partial charge in [-0.3, -0.25) is 0 Å². The van der Waals surface area contributed by atoms with Gasteiger partial charge in [0.05, 0.1) is 0 Å². The zero-order chi connectivity index (χ0) is 17.6. The van der Waals surface area contributed by atoms with Crippen LogP contribution in [0.2, 0.25) is 0 Å². The van der Waals surface area contributed by atoms with Gasteiger partial charge < -0.3 is 0 Å². The molecule has 0 aliphatic rings. The van der Waals surface area contributed by atoms with Crippen molar-refractivity contribution in [3.63, 3.8) is 0 Å². The fourth-order valence-corrected chi connectivity index (χ4v) is 1.28. The van der Waals surface area contributed by atoms with E-state index < -0.39 is 0 Å². The molecule has 0 bridgehead atoms. The third kappa shape index (κ3) is 23.2. The molecule has 0 aromatic heterocycles. The summed E-state index contributed by atoms with van der Waals surface area (Å²) in [6, 6.07) is 0. The summed E-state index contributed by atoms with van der Waals surface area (Å²) in [6.45, 7) is 38.3. The van der Waals surface area contributed by atoms with Crippen molar-refractivity contribution >= 4 is 148 Å². The van der Waals surface area contributed by atoms with Crippen LogP contribution in [0.3, 0.4) is 0 Å². The van der Waals surface area contributed by atoms with Gasteiger partial charge in [0, 0.05) is 0 Å².